The Morgan fingerprint density at radius 2 is 0.590 bits per heavy atom. The van der Waals surface area contributed by atoms with E-state index in [2.05, 4.69) is 57.2 Å². The fourth-order valence-corrected chi connectivity index (χ4v) is 7.59. The average molecular weight is 857 g/mol. The quantitative estimate of drug-likeness (QED) is 0.0262. The summed E-state index contributed by atoms with van der Waals surface area (Å²) in [6, 6.07) is 0. The lowest BCUT2D eigenvalue weighted by atomic mass is 10.0. The van der Waals surface area contributed by atoms with Crippen molar-refractivity contribution in [1.82, 2.24) is 0 Å². The van der Waals surface area contributed by atoms with E-state index in [1.807, 2.05) is 0 Å². The number of carbonyl (C=O) groups excluding carboxylic acids is 3. The zero-order chi connectivity index (χ0) is 44.4. The Bertz CT molecular complexity index is 1030. The molecule has 0 aromatic carbocycles. The summed E-state index contributed by atoms with van der Waals surface area (Å²) in [5.41, 5.74) is 0. The van der Waals surface area contributed by atoms with Gasteiger partial charge in [-0.1, -0.05) is 218 Å². The number of ether oxygens (including phenoxy) is 3. The molecule has 0 saturated carbocycles. The van der Waals surface area contributed by atoms with Crippen LogP contribution in [0.3, 0.4) is 0 Å². The largest absolute Gasteiger partial charge is 0.462 e. The van der Waals surface area contributed by atoms with Gasteiger partial charge in [0.2, 0.25) is 0 Å². The third-order valence-corrected chi connectivity index (χ3v) is 11.6. The number of rotatable bonds is 48. The molecular weight excluding hydrogens is 757 g/mol. The molecule has 0 amide bonds. The Hall–Kier alpha value is -2.37. The van der Waals surface area contributed by atoms with E-state index < -0.39 is 6.10 Å². The lowest BCUT2D eigenvalue weighted by molar-refractivity contribution is -0.167. The van der Waals surface area contributed by atoms with Gasteiger partial charge in [-0.15, -0.1) is 0 Å². The van der Waals surface area contributed by atoms with Crippen LogP contribution >= 0.6 is 0 Å². The maximum Gasteiger partial charge on any atom is 0.306 e. The van der Waals surface area contributed by atoms with Crippen LogP contribution in [-0.2, 0) is 28.6 Å². The van der Waals surface area contributed by atoms with Gasteiger partial charge in [0, 0.05) is 19.3 Å². The van der Waals surface area contributed by atoms with Gasteiger partial charge in [-0.25, -0.2) is 0 Å². The molecule has 0 N–H and O–H groups in total. The number of esters is 3. The van der Waals surface area contributed by atoms with E-state index in [0.717, 1.165) is 89.9 Å². The molecule has 356 valence electrons. The van der Waals surface area contributed by atoms with Crippen LogP contribution in [0.1, 0.15) is 278 Å². The monoisotopic (exact) mass is 857 g/mol. The molecule has 6 heteroatoms. The van der Waals surface area contributed by atoms with Gasteiger partial charge in [0.15, 0.2) is 6.10 Å². The minimum Gasteiger partial charge on any atom is -0.462 e. The molecule has 0 saturated heterocycles. The Kier molecular flexibility index (Phi) is 48.3. The smallest absolute Gasteiger partial charge is 0.306 e. The first kappa shape index (κ1) is 58.6. The molecule has 0 fully saturated rings. The highest BCUT2D eigenvalue weighted by atomic mass is 16.6. The summed E-state index contributed by atoms with van der Waals surface area (Å²) in [4.78, 5) is 38.0. The molecule has 0 aliphatic rings. The molecule has 1 unspecified atom stereocenters. The van der Waals surface area contributed by atoms with E-state index in [4.69, 9.17) is 14.2 Å². The van der Waals surface area contributed by atoms with Crippen molar-refractivity contribution in [3.05, 3.63) is 36.5 Å². The van der Waals surface area contributed by atoms with Crippen molar-refractivity contribution in [2.45, 2.75) is 284 Å². The summed E-state index contributed by atoms with van der Waals surface area (Å²) in [5, 5.41) is 0. The van der Waals surface area contributed by atoms with Crippen molar-refractivity contribution >= 4 is 17.9 Å². The third-order valence-electron chi connectivity index (χ3n) is 11.6. The molecule has 1 atom stereocenters. The number of hydrogen-bond acceptors (Lipinski definition) is 6. The summed E-state index contributed by atoms with van der Waals surface area (Å²) in [6.07, 6.45) is 58.3. The molecule has 0 aliphatic carbocycles. The van der Waals surface area contributed by atoms with Gasteiger partial charge < -0.3 is 14.2 Å². The predicted molar refractivity (Wildman–Crippen MR) is 261 cm³/mol. The molecule has 61 heavy (non-hydrogen) atoms. The van der Waals surface area contributed by atoms with Crippen molar-refractivity contribution < 1.29 is 28.6 Å². The standard InChI is InChI=1S/C55H100O6/c1-4-7-10-13-16-19-22-25-27-30-33-36-39-42-45-48-54(57)60-51-52(50-59-53(56)47-44-41-38-35-32-29-24-21-18-15-12-9-6-3)61-55(58)49-46-43-40-37-34-31-28-26-23-20-17-14-11-8-5-2/h17,20,25-28,52H,4-16,18-19,21-24,29-51H2,1-3H3/b20-17-,27-25-,28-26-. The van der Waals surface area contributed by atoms with E-state index in [1.165, 1.54) is 148 Å². The SMILES string of the molecule is CCCCC/C=C\C/C=C\CCCCCCCC(=O)OC(COC(=O)CCCCCCC/C=C\CCCCCCCC)COC(=O)CCCCCCCCCCCCCCC. The van der Waals surface area contributed by atoms with Gasteiger partial charge in [0.05, 0.1) is 0 Å². The molecule has 0 spiro atoms. The summed E-state index contributed by atoms with van der Waals surface area (Å²) in [7, 11) is 0. The fourth-order valence-electron chi connectivity index (χ4n) is 7.59. The summed E-state index contributed by atoms with van der Waals surface area (Å²) >= 11 is 0. The third kappa shape index (κ3) is 48.5. The second-order valence-electron chi connectivity index (χ2n) is 17.8. The fraction of sp³-hybridized carbons (Fsp3) is 0.836. The number of hydrogen-bond donors (Lipinski definition) is 0. The van der Waals surface area contributed by atoms with Gasteiger partial charge in [-0.2, -0.15) is 0 Å². The maximum absolute atomic E-state index is 12.8. The molecule has 0 radical (unpaired) electrons. The highest BCUT2D eigenvalue weighted by molar-refractivity contribution is 5.71. The van der Waals surface area contributed by atoms with E-state index in [9.17, 15) is 14.4 Å². The van der Waals surface area contributed by atoms with Gasteiger partial charge in [0.25, 0.3) is 0 Å². The Labute approximate surface area is 378 Å². The molecule has 0 aromatic heterocycles. The summed E-state index contributed by atoms with van der Waals surface area (Å²) < 4.78 is 16.8. The summed E-state index contributed by atoms with van der Waals surface area (Å²) in [5.74, 6) is -0.889. The van der Waals surface area contributed by atoms with Crippen LogP contribution in [0, 0.1) is 0 Å². The van der Waals surface area contributed by atoms with Crippen molar-refractivity contribution in [2.24, 2.45) is 0 Å². The molecule has 6 nitrogen and oxygen atoms in total. The zero-order valence-corrected chi connectivity index (χ0v) is 40.7. The molecule has 0 heterocycles. The molecule has 0 rings (SSSR count). The second kappa shape index (κ2) is 50.3. The number of carbonyl (C=O) groups is 3. The minimum absolute atomic E-state index is 0.0775. The van der Waals surface area contributed by atoms with Crippen LogP contribution in [0.5, 0.6) is 0 Å². The van der Waals surface area contributed by atoms with Crippen LogP contribution in [0.2, 0.25) is 0 Å². The lowest BCUT2D eigenvalue weighted by Crippen LogP contribution is -2.30. The first-order valence-electron chi connectivity index (χ1n) is 26.5. The lowest BCUT2D eigenvalue weighted by Gasteiger charge is -2.18. The van der Waals surface area contributed by atoms with Crippen molar-refractivity contribution in [3.63, 3.8) is 0 Å². The van der Waals surface area contributed by atoms with E-state index in [0.29, 0.717) is 19.3 Å². The van der Waals surface area contributed by atoms with Crippen LogP contribution in [0.15, 0.2) is 36.5 Å². The molecule has 0 aliphatic heterocycles. The normalized spacial score (nSPS) is 12.2. The topological polar surface area (TPSA) is 78.9 Å². The van der Waals surface area contributed by atoms with Crippen LogP contribution in [0.25, 0.3) is 0 Å². The zero-order valence-electron chi connectivity index (χ0n) is 40.7. The minimum atomic E-state index is -0.779. The summed E-state index contributed by atoms with van der Waals surface area (Å²) in [6.45, 7) is 6.61. The first-order chi connectivity index (χ1) is 30.0. The maximum atomic E-state index is 12.8. The first-order valence-corrected chi connectivity index (χ1v) is 26.5. The average Bonchev–Trinajstić information content (AvgIpc) is 3.26. The molecule has 0 bridgehead atoms. The Balaban J connectivity index is 4.39. The van der Waals surface area contributed by atoms with Crippen molar-refractivity contribution in [2.75, 3.05) is 13.2 Å². The van der Waals surface area contributed by atoms with Crippen LogP contribution < -0.4 is 0 Å². The Morgan fingerprint density at radius 1 is 0.328 bits per heavy atom. The number of unbranched alkanes of at least 4 members (excludes halogenated alkanes) is 31. The van der Waals surface area contributed by atoms with Gasteiger partial charge >= 0.3 is 17.9 Å². The molecular formula is C55H100O6. The van der Waals surface area contributed by atoms with E-state index >= 15 is 0 Å². The molecule has 0 aromatic rings. The van der Waals surface area contributed by atoms with Crippen molar-refractivity contribution in [1.29, 1.82) is 0 Å². The van der Waals surface area contributed by atoms with Gasteiger partial charge in [-0.05, 0) is 77.0 Å². The van der Waals surface area contributed by atoms with Crippen LogP contribution in [0.4, 0.5) is 0 Å². The van der Waals surface area contributed by atoms with Gasteiger partial charge in [0.1, 0.15) is 13.2 Å². The highest BCUT2D eigenvalue weighted by Gasteiger charge is 2.19. The van der Waals surface area contributed by atoms with Crippen molar-refractivity contribution in [3.8, 4) is 0 Å². The Morgan fingerprint density at radius 3 is 0.951 bits per heavy atom. The highest BCUT2D eigenvalue weighted by Crippen LogP contribution is 2.15. The van der Waals surface area contributed by atoms with E-state index in [-0.39, 0.29) is 31.1 Å². The predicted octanol–water partition coefficient (Wildman–Crippen LogP) is 17.3. The second-order valence-corrected chi connectivity index (χ2v) is 17.8. The van der Waals surface area contributed by atoms with E-state index in [1.54, 1.807) is 0 Å². The van der Waals surface area contributed by atoms with Crippen LogP contribution in [-0.4, -0.2) is 37.2 Å². The number of allylic oxidation sites excluding steroid dienone is 6. The van der Waals surface area contributed by atoms with Gasteiger partial charge in [-0.3, -0.25) is 14.4 Å².